The van der Waals surface area contributed by atoms with E-state index in [9.17, 15) is 4.79 Å². The second-order valence-corrected chi connectivity index (χ2v) is 3.62. The lowest BCUT2D eigenvalue weighted by atomic mass is 10.1. The first-order chi connectivity index (χ1) is 7.33. The van der Waals surface area contributed by atoms with Crippen molar-refractivity contribution in [2.24, 2.45) is 0 Å². The van der Waals surface area contributed by atoms with Crippen molar-refractivity contribution in [1.29, 1.82) is 0 Å². The van der Waals surface area contributed by atoms with Gasteiger partial charge >= 0.3 is 0 Å². The van der Waals surface area contributed by atoms with Crippen LogP contribution in [-0.2, 0) is 13.0 Å². The van der Waals surface area contributed by atoms with Crippen LogP contribution >= 0.6 is 0 Å². The van der Waals surface area contributed by atoms with E-state index in [2.05, 4.69) is 15.8 Å². The van der Waals surface area contributed by atoms with E-state index in [4.69, 9.17) is 4.52 Å². The molecule has 1 aromatic heterocycles. The van der Waals surface area contributed by atoms with Crippen LogP contribution < -0.4 is 10.6 Å². The van der Waals surface area contributed by atoms with Gasteiger partial charge in [0.2, 0.25) is 0 Å². The molecule has 0 saturated heterocycles. The van der Waals surface area contributed by atoms with Gasteiger partial charge in [-0.25, -0.2) is 0 Å². The van der Waals surface area contributed by atoms with Crippen LogP contribution in [0.15, 0.2) is 4.52 Å². The lowest BCUT2D eigenvalue weighted by molar-refractivity contribution is 0.0943. The molecule has 15 heavy (non-hydrogen) atoms. The van der Waals surface area contributed by atoms with Gasteiger partial charge in [0, 0.05) is 31.6 Å². The standard InChI is InChI=1S/C10H15N3O2/c1-2-4-12-10(14)9-7-6-11-5-3-8(7)15-13-9/h11H,2-6H2,1H3,(H,12,14). The first-order valence-electron chi connectivity index (χ1n) is 5.29. The average Bonchev–Trinajstić information content (AvgIpc) is 2.69. The van der Waals surface area contributed by atoms with Gasteiger partial charge in [0.15, 0.2) is 5.69 Å². The maximum atomic E-state index is 11.7. The van der Waals surface area contributed by atoms with Crippen molar-refractivity contribution < 1.29 is 9.32 Å². The lowest BCUT2D eigenvalue weighted by Crippen LogP contribution is -2.28. The summed E-state index contributed by atoms with van der Waals surface area (Å²) in [5, 5.41) is 9.82. The summed E-state index contributed by atoms with van der Waals surface area (Å²) in [7, 11) is 0. The van der Waals surface area contributed by atoms with Crippen molar-refractivity contribution in [3.05, 3.63) is 17.0 Å². The number of aromatic nitrogens is 1. The predicted molar refractivity (Wildman–Crippen MR) is 54.5 cm³/mol. The number of hydrogen-bond acceptors (Lipinski definition) is 4. The van der Waals surface area contributed by atoms with Gasteiger partial charge in [0.05, 0.1) is 0 Å². The van der Waals surface area contributed by atoms with Gasteiger partial charge in [-0.15, -0.1) is 0 Å². The molecule has 2 N–H and O–H groups in total. The maximum absolute atomic E-state index is 11.7. The van der Waals surface area contributed by atoms with E-state index >= 15 is 0 Å². The third-order valence-electron chi connectivity index (χ3n) is 2.45. The number of nitrogens with one attached hydrogen (secondary N) is 2. The number of carbonyl (C=O) groups is 1. The van der Waals surface area contributed by atoms with E-state index in [1.807, 2.05) is 6.92 Å². The van der Waals surface area contributed by atoms with Gasteiger partial charge in [-0.05, 0) is 6.42 Å². The molecule has 1 amide bonds. The SMILES string of the molecule is CCCNC(=O)c1noc2c1CNCC2. The second-order valence-electron chi connectivity index (χ2n) is 3.62. The van der Waals surface area contributed by atoms with E-state index in [-0.39, 0.29) is 5.91 Å². The molecule has 1 aliphatic rings. The van der Waals surface area contributed by atoms with Crippen LogP contribution in [0.1, 0.15) is 35.2 Å². The largest absolute Gasteiger partial charge is 0.360 e. The van der Waals surface area contributed by atoms with E-state index in [1.54, 1.807) is 0 Å². The molecule has 0 unspecified atom stereocenters. The van der Waals surface area contributed by atoms with Gasteiger partial charge in [-0.1, -0.05) is 12.1 Å². The highest BCUT2D eigenvalue weighted by Crippen LogP contribution is 2.17. The summed E-state index contributed by atoms with van der Waals surface area (Å²) in [5.74, 6) is 0.709. The highest BCUT2D eigenvalue weighted by molar-refractivity contribution is 5.93. The molecule has 0 bridgehead atoms. The number of rotatable bonds is 3. The van der Waals surface area contributed by atoms with Crippen LogP contribution in [0.25, 0.3) is 0 Å². The zero-order chi connectivity index (χ0) is 10.7. The molecule has 5 nitrogen and oxygen atoms in total. The van der Waals surface area contributed by atoms with Gasteiger partial charge in [-0.2, -0.15) is 0 Å². The number of hydrogen-bond donors (Lipinski definition) is 2. The monoisotopic (exact) mass is 209 g/mol. The Bertz CT molecular complexity index is 360. The molecule has 0 radical (unpaired) electrons. The summed E-state index contributed by atoms with van der Waals surface area (Å²) in [5.41, 5.74) is 1.35. The van der Waals surface area contributed by atoms with Crippen LogP contribution in [0.4, 0.5) is 0 Å². The Kier molecular flexibility index (Phi) is 3.01. The minimum absolute atomic E-state index is 0.134. The summed E-state index contributed by atoms with van der Waals surface area (Å²) < 4.78 is 5.14. The fourth-order valence-corrected chi connectivity index (χ4v) is 1.64. The third kappa shape index (κ3) is 2.02. The van der Waals surface area contributed by atoms with Crippen LogP contribution in [0.3, 0.4) is 0 Å². The molecular formula is C10H15N3O2. The van der Waals surface area contributed by atoms with Crippen LogP contribution in [-0.4, -0.2) is 24.2 Å². The molecule has 0 atom stereocenters. The summed E-state index contributed by atoms with van der Waals surface area (Å²) >= 11 is 0. The van der Waals surface area contributed by atoms with E-state index < -0.39 is 0 Å². The Morgan fingerprint density at radius 2 is 2.53 bits per heavy atom. The summed E-state index contributed by atoms with van der Waals surface area (Å²) in [6.45, 7) is 4.25. The molecule has 1 aliphatic heterocycles. The molecule has 0 aliphatic carbocycles. The Balaban J connectivity index is 2.14. The maximum Gasteiger partial charge on any atom is 0.273 e. The number of nitrogens with zero attached hydrogens (tertiary/aromatic N) is 1. The van der Waals surface area contributed by atoms with Crippen LogP contribution in [0.5, 0.6) is 0 Å². The average molecular weight is 209 g/mol. The van der Waals surface area contributed by atoms with Crippen molar-refractivity contribution in [2.75, 3.05) is 13.1 Å². The van der Waals surface area contributed by atoms with E-state index in [0.717, 1.165) is 30.7 Å². The predicted octanol–water partition coefficient (Wildman–Crippen LogP) is 0.460. The molecule has 82 valence electrons. The topological polar surface area (TPSA) is 67.2 Å². The molecule has 2 rings (SSSR count). The fourth-order valence-electron chi connectivity index (χ4n) is 1.64. The Morgan fingerprint density at radius 3 is 3.33 bits per heavy atom. The molecule has 2 heterocycles. The summed E-state index contributed by atoms with van der Waals surface area (Å²) in [4.78, 5) is 11.7. The lowest BCUT2D eigenvalue weighted by Gasteiger charge is -2.10. The zero-order valence-electron chi connectivity index (χ0n) is 8.80. The van der Waals surface area contributed by atoms with Crippen molar-refractivity contribution >= 4 is 5.91 Å². The van der Waals surface area contributed by atoms with Gasteiger partial charge in [0.1, 0.15) is 5.76 Å². The number of amides is 1. The van der Waals surface area contributed by atoms with Crippen molar-refractivity contribution in [3.63, 3.8) is 0 Å². The Hall–Kier alpha value is -1.36. The van der Waals surface area contributed by atoms with E-state index in [0.29, 0.717) is 18.8 Å². The third-order valence-corrected chi connectivity index (χ3v) is 2.45. The van der Waals surface area contributed by atoms with Crippen LogP contribution in [0.2, 0.25) is 0 Å². The van der Waals surface area contributed by atoms with Gasteiger partial charge < -0.3 is 15.2 Å². The quantitative estimate of drug-likeness (QED) is 0.759. The normalized spacial score (nSPS) is 14.7. The van der Waals surface area contributed by atoms with Gasteiger partial charge in [-0.3, -0.25) is 4.79 Å². The highest BCUT2D eigenvalue weighted by atomic mass is 16.5. The molecular weight excluding hydrogens is 194 g/mol. The van der Waals surface area contributed by atoms with Crippen molar-refractivity contribution in [3.8, 4) is 0 Å². The molecule has 0 fully saturated rings. The first kappa shape index (κ1) is 10.2. The number of carbonyl (C=O) groups excluding carboxylic acids is 1. The van der Waals surface area contributed by atoms with Crippen LogP contribution in [0, 0.1) is 0 Å². The van der Waals surface area contributed by atoms with E-state index in [1.165, 1.54) is 0 Å². The smallest absolute Gasteiger partial charge is 0.273 e. The zero-order valence-corrected chi connectivity index (χ0v) is 8.80. The Labute approximate surface area is 88.2 Å². The first-order valence-corrected chi connectivity index (χ1v) is 5.29. The molecule has 5 heteroatoms. The minimum atomic E-state index is -0.134. The van der Waals surface area contributed by atoms with Crippen molar-refractivity contribution in [2.45, 2.75) is 26.3 Å². The minimum Gasteiger partial charge on any atom is -0.360 e. The van der Waals surface area contributed by atoms with Gasteiger partial charge in [0.25, 0.3) is 5.91 Å². The Morgan fingerprint density at radius 1 is 1.67 bits per heavy atom. The summed E-state index contributed by atoms with van der Waals surface area (Å²) in [6.07, 6.45) is 1.73. The van der Waals surface area contributed by atoms with Crippen molar-refractivity contribution in [1.82, 2.24) is 15.8 Å². The molecule has 0 aromatic carbocycles. The second kappa shape index (κ2) is 4.44. The summed E-state index contributed by atoms with van der Waals surface area (Å²) in [6, 6.07) is 0. The molecule has 0 spiro atoms. The molecule has 0 saturated carbocycles. The molecule has 1 aromatic rings. The highest BCUT2D eigenvalue weighted by Gasteiger charge is 2.23. The number of fused-ring (bicyclic) bond motifs is 1. The fraction of sp³-hybridized carbons (Fsp3) is 0.600.